The molecule has 0 saturated carbocycles. The van der Waals surface area contributed by atoms with Crippen molar-refractivity contribution in [2.75, 3.05) is 6.61 Å². The Hall–Kier alpha value is -2.48. The SMILES string of the molecule is C#CCC(NC(=O)C1CCOc2ccccc21)C(=O)O. The Labute approximate surface area is 116 Å². The van der Waals surface area contributed by atoms with Gasteiger partial charge in [-0.1, -0.05) is 18.2 Å². The molecule has 0 bridgehead atoms. The molecule has 2 unspecified atom stereocenters. The van der Waals surface area contributed by atoms with Gasteiger partial charge in [-0.15, -0.1) is 12.3 Å². The van der Waals surface area contributed by atoms with Crippen molar-refractivity contribution < 1.29 is 19.4 Å². The summed E-state index contributed by atoms with van der Waals surface area (Å²) >= 11 is 0. The number of para-hydroxylation sites is 1. The first-order chi connectivity index (χ1) is 9.63. The number of nitrogens with one attached hydrogen (secondary N) is 1. The lowest BCUT2D eigenvalue weighted by Gasteiger charge is -2.26. The van der Waals surface area contributed by atoms with Gasteiger partial charge in [0.05, 0.1) is 12.5 Å². The summed E-state index contributed by atoms with van der Waals surface area (Å²) in [7, 11) is 0. The number of ether oxygens (including phenoxy) is 1. The molecule has 0 radical (unpaired) electrons. The highest BCUT2D eigenvalue weighted by atomic mass is 16.5. The maximum Gasteiger partial charge on any atom is 0.327 e. The molecule has 0 saturated heterocycles. The van der Waals surface area contributed by atoms with E-state index in [4.69, 9.17) is 16.3 Å². The van der Waals surface area contributed by atoms with Crippen molar-refractivity contribution in [2.24, 2.45) is 0 Å². The van der Waals surface area contributed by atoms with Gasteiger partial charge in [0.1, 0.15) is 11.8 Å². The van der Waals surface area contributed by atoms with Crippen molar-refractivity contribution in [3.8, 4) is 18.1 Å². The molecular weight excluding hydrogens is 258 g/mol. The molecule has 2 atom stereocenters. The van der Waals surface area contributed by atoms with Gasteiger partial charge in [-0.05, 0) is 12.5 Å². The van der Waals surface area contributed by atoms with Gasteiger partial charge in [0.2, 0.25) is 5.91 Å². The van der Waals surface area contributed by atoms with Crippen LogP contribution in [0.5, 0.6) is 5.75 Å². The van der Waals surface area contributed by atoms with Gasteiger partial charge in [-0.25, -0.2) is 4.79 Å². The van der Waals surface area contributed by atoms with Crippen LogP contribution in [0.4, 0.5) is 0 Å². The van der Waals surface area contributed by atoms with E-state index in [2.05, 4.69) is 11.2 Å². The zero-order chi connectivity index (χ0) is 14.5. The lowest BCUT2D eigenvalue weighted by molar-refractivity contribution is -0.142. The molecule has 104 valence electrons. The van der Waals surface area contributed by atoms with Crippen molar-refractivity contribution in [3.05, 3.63) is 29.8 Å². The first-order valence-electron chi connectivity index (χ1n) is 6.32. The minimum atomic E-state index is -1.13. The van der Waals surface area contributed by atoms with Crippen LogP contribution in [0, 0.1) is 12.3 Å². The Morgan fingerprint density at radius 3 is 2.95 bits per heavy atom. The molecule has 1 aliphatic heterocycles. The minimum absolute atomic E-state index is 0.0358. The van der Waals surface area contributed by atoms with Crippen molar-refractivity contribution in [2.45, 2.75) is 24.8 Å². The summed E-state index contributed by atoms with van der Waals surface area (Å²) in [5.74, 6) is 1.06. The van der Waals surface area contributed by atoms with Gasteiger partial charge < -0.3 is 15.2 Å². The van der Waals surface area contributed by atoms with Crippen LogP contribution in [0.15, 0.2) is 24.3 Å². The van der Waals surface area contributed by atoms with E-state index in [1.807, 2.05) is 18.2 Å². The molecule has 1 aromatic carbocycles. The molecule has 1 aromatic rings. The highest BCUT2D eigenvalue weighted by molar-refractivity contribution is 5.89. The molecule has 5 nitrogen and oxygen atoms in total. The average Bonchev–Trinajstić information content (AvgIpc) is 2.46. The number of benzene rings is 1. The fraction of sp³-hybridized carbons (Fsp3) is 0.333. The van der Waals surface area contributed by atoms with Crippen LogP contribution < -0.4 is 10.1 Å². The molecule has 2 N–H and O–H groups in total. The maximum absolute atomic E-state index is 12.3. The second-order valence-electron chi connectivity index (χ2n) is 4.54. The molecule has 0 aromatic heterocycles. The van der Waals surface area contributed by atoms with E-state index in [0.29, 0.717) is 18.8 Å². The number of fused-ring (bicyclic) bond motifs is 1. The number of rotatable bonds is 4. The van der Waals surface area contributed by atoms with Crippen LogP contribution in [0.1, 0.15) is 24.3 Å². The number of carbonyl (C=O) groups excluding carboxylic acids is 1. The first kappa shape index (κ1) is 13.9. The topological polar surface area (TPSA) is 75.6 Å². The lowest BCUT2D eigenvalue weighted by atomic mass is 9.92. The third kappa shape index (κ3) is 2.91. The number of hydrogen-bond donors (Lipinski definition) is 2. The predicted octanol–water partition coefficient (Wildman–Crippen LogP) is 1.15. The zero-order valence-corrected chi connectivity index (χ0v) is 10.8. The van der Waals surface area contributed by atoms with Gasteiger partial charge in [0, 0.05) is 12.0 Å². The number of hydrogen-bond acceptors (Lipinski definition) is 3. The lowest BCUT2D eigenvalue weighted by Crippen LogP contribution is -2.43. The summed E-state index contributed by atoms with van der Waals surface area (Å²) in [6.45, 7) is 0.433. The molecule has 1 amide bonds. The summed E-state index contributed by atoms with van der Waals surface area (Å²) in [6, 6.07) is 6.21. The number of carboxylic acid groups (broad SMARTS) is 1. The van der Waals surface area contributed by atoms with E-state index in [0.717, 1.165) is 5.56 Å². The summed E-state index contributed by atoms with van der Waals surface area (Å²) in [4.78, 5) is 23.3. The predicted molar refractivity (Wildman–Crippen MR) is 72.3 cm³/mol. The molecule has 0 spiro atoms. The van der Waals surface area contributed by atoms with E-state index < -0.39 is 17.9 Å². The van der Waals surface area contributed by atoms with E-state index in [-0.39, 0.29) is 12.3 Å². The van der Waals surface area contributed by atoms with E-state index >= 15 is 0 Å². The standard InChI is InChI=1S/C15H15NO4/c1-2-5-12(15(18)19)16-14(17)11-8-9-20-13-7-4-3-6-10(11)13/h1,3-4,6-7,11-12H,5,8-9H2,(H,16,17)(H,18,19). The van der Waals surface area contributed by atoms with Crippen LogP contribution in [0.2, 0.25) is 0 Å². The Kier molecular flexibility index (Phi) is 4.26. The van der Waals surface area contributed by atoms with Gasteiger partial charge in [0.15, 0.2) is 0 Å². The number of carbonyl (C=O) groups is 2. The molecule has 1 heterocycles. The Morgan fingerprint density at radius 1 is 1.50 bits per heavy atom. The molecule has 1 aliphatic rings. The molecular formula is C15H15NO4. The number of amides is 1. The summed E-state index contributed by atoms with van der Waals surface area (Å²) < 4.78 is 5.48. The first-order valence-corrected chi connectivity index (χ1v) is 6.32. The molecule has 20 heavy (non-hydrogen) atoms. The Balaban J connectivity index is 2.14. The van der Waals surface area contributed by atoms with Gasteiger partial charge in [0.25, 0.3) is 0 Å². The third-order valence-corrected chi connectivity index (χ3v) is 3.21. The highest BCUT2D eigenvalue weighted by Gasteiger charge is 2.30. The van der Waals surface area contributed by atoms with E-state index in [1.165, 1.54) is 0 Å². The van der Waals surface area contributed by atoms with Gasteiger partial charge in [-0.2, -0.15) is 0 Å². The quantitative estimate of drug-likeness (QED) is 0.807. The Morgan fingerprint density at radius 2 is 2.25 bits per heavy atom. The van der Waals surface area contributed by atoms with Crippen molar-refractivity contribution >= 4 is 11.9 Å². The van der Waals surface area contributed by atoms with E-state index in [1.54, 1.807) is 6.07 Å². The van der Waals surface area contributed by atoms with Crippen LogP contribution >= 0.6 is 0 Å². The van der Waals surface area contributed by atoms with Crippen molar-refractivity contribution in [1.82, 2.24) is 5.32 Å². The van der Waals surface area contributed by atoms with Gasteiger partial charge in [-0.3, -0.25) is 4.79 Å². The number of terminal acetylenes is 1. The largest absolute Gasteiger partial charge is 0.493 e. The van der Waals surface area contributed by atoms with Crippen LogP contribution in [0.25, 0.3) is 0 Å². The zero-order valence-electron chi connectivity index (χ0n) is 10.8. The molecule has 0 aliphatic carbocycles. The monoisotopic (exact) mass is 273 g/mol. The second-order valence-corrected chi connectivity index (χ2v) is 4.54. The van der Waals surface area contributed by atoms with Crippen LogP contribution in [0.3, 0.4) is 0 Å². The normalized spacial score (nSPS) is 18.1. The number of aliphatic carboxylic acids is 1. The van der Waals surface area contributed by atoms with E-state index in [9.17, 15) is 9.59 Å². The Bertz CT molecular complexity index is 561. The highest BCUT2D eigenvalue weighted by Crippen LogP contribution is 2.33. The van der Waals surface area contributed by atoms with Crippen molar-refractivity contribution in [1.29, 1.82) is 0 Å². The maximum atomic E-state index is 12.3. The third-order valence-electron chi connectivity index (χ3n) is 3.21. The smallest absolute Gasteiger partial charge is 0.327 e. The summed E-state index contributed by atoms with van der Waals surface area (Å²) in [5, 5.41) is 11.5. The fourth-order valence-electron chi connectivity index (χ4n) is 2.20. The number of carboxylic acids is 1. The molecule has 5 heteroatoms. The fourth-order valence-corrected chi connectivity index (χ4v) is 2.20. The summed E-state index contributed by atoms with van der Waals surface area (Å²) in [6.07, 6.45) is 5.60. The van der Waals surface area contributed by atoms with Crippen LogP contribution in [-0.2, 0) is 9.59 Å². The van der Waals surface area contributed by atoms with Crippen molar-refractivity contribution in [3.63, 3.8) is 0 Å². The average molecular weight is 273 g/mol. The second kappa shape index (κ2) is 6.11. The van der Waals surface area contributed by atoms with Gasteiger partial charge >= 0.3 is 5.97 Å². The summed E-state index contributed by atoms with van der Waals surface area (Å²) in [5.41, 5.74) is 0.779. The molecule has 0 fully saturated rings. The molecule has 2 rings (SSSR count). The van der Waals surface area contributed by atoms with Crippen LogP contribution in [-0.4, -0.2) is 29.6 Å². The minimum Gasteiger partial charge on any atom is -0.493 e.